The van der Waals surface area contributed by atoms with E-state index in [9.17, 15) is 4.79 Å². The van der Waals surface area contributed by atoms with Crippen molar-refractivity contribution in [3.63, 3.8) is 0 Å². The zero-order valence-corrected chi connectivity index (χ0v) is 16.3. The maximum absolute atomic E-state index is 13.0. The number of rotatable bonds is 6. The molecule has 0 unspecified atom stereocenters. The quantitative estimate of drug-likeness (QED) is 0.853. The number of amides is 1. The number of hydrogen-bond donors (Lipinski definition) is 1. The van der Waals surface area contributed by atoms with Crippen LogP contribution in [0.25, 0.3) is 0 Å². The van der Waals surface area contributed by atoms with E-state index in [0.717, 1.165) is 31.6 Å². The molecule has 0 saturated carbocycles. The van der Waals surface area contributed by atoms with Gasteiger partial charge in [0.1, 0.15) is 0 Å². The van der Waals surface area contributed by atoms with E-state index >= 15 is 0 Å². The van der Waals surface area contributed by atoms with Gasteiger partial charge >= 0.3 is 0 Å². The van der Waals surface area contributed by atoms with Crippen LogP contribution in [-0.4, -0.2) is 32.9 Å². The Labute approximate surface area is 161 Å². The minimum absolute atomic E-state index is 0.0826. The molecule has 3 atom stereocenters. The maximum atomic E-state index is 13.0. The van der Waals surface area contributed by atoms with E-state index in [0.29, 0.717) is 24.5 Å². The molecule has 0 aliphatic carbocycles. The lowest BCUT2D eigenvalue weighted by Gasteiger charge is -2.24. The lowest BCUT2D eigenvalue weighted by Crippen LogP contribution is -2.37. The summed E-state index contributed by atoms with van der Waals surface area (Å²) in [6.45, 7) is 6.99. The van der Waals surface area contributed by atoms with Gasteiger partial charge in [0, 0.05) is 24.8 Å². The predicted octanol–water partition coefficient (Wildman–Crippen LogP) is 3.38. The number of fused-ring (bicyclic) bond motifs is 1. The fourth-order valence-electron chi connectivity index (χ4n) is 4.81. The van der Waals surface area contributed by atoms with Gasteiger partial charge in [-0.2, -0.15) is 0 Å². The van der Waals surface area contributed by atoms with E-state index < -0.39 is 0 Å². The highest BCUT2D eigenvalue weighted by atomic mass is 16.2. The van der Waals surface area contributed by atoms with Crippen molar-refractivity contribution in [2.24, 2.45) is 11.8 Å². The van der Waals surface area contributed by atoms with Crippen LogP contribution in [0, 0.1) is 11.8 Å². The van der Waals surface area contributed by atoms with Gasteiger partial charge in [0.15, 0.2) is 0 Å². The molecule has 2 aliphatic rings. The molecule has 1 aromatic carbocycles. The van der Waals surface area contributed by atoms with Crippen molar-refractivity contribution in [2.75, 3.05) is 6.54 Å². The van der Waals surface area contributed by atoms with Crippen molar-refractivity contribution >= 4 is 5.91 Å². The Hall–Kier alpha value is -2.14. The molecule has 3 heterocycles. The van der Waals surface area contributed by atoms with Crippen LogP contribution < -0.4 is 5.32 Å². The van der Waals surface area contributed by atoms with Gasteiger partial charge in [0.05, 0.1) is 24.5 Å². The first kappa shape index (κ1) is 18.2. The number of aromatic nitrogens is 2. The van der Waals surface area contributed by atoms with Gasteiger partial charge < -0.3 is 9.88 Å². The predicted molar refractivity (Wildman–Crippen MR) is 106 cm³/mol. The highest BCUT2D eigenvalue weighted by Crippen LogP contribution is 2.44. The highest BCUT2D eigenvalue weighted by molar-refractivity contribution is 5.80. The van der Waals surface area contributed by atoms with Crippen molar-refractivity contribution in [3.05, 3.63) is 54.1 Å². The van der Waals surface area contributed by atoms with Crippen molar-refractivity contribution < 1.29 is 4.79 Å². The van der Waals surface area contributed by atoms with Crippen LogP contribution in [0.5, 0.6) is 0 Å². The summed E-state index contributed by atoms with van der Waals surface area (Å²) in [5, 5.41) is 3.20. The number of carbonyl (C=O) groups excluding carboxylic acids is 1. The SMILES string of the molecule is CC(C)Cn1cncc1CNC(=O)[C@H]1C[C@@H](c2ccccc2)N2CCC[C@H]12. The summed E-state index contributed by atoms with van der Waals surface area (Å²) in [5.74, 6) is 0.837. The van der Waals surface area contributed by atoms with E-state index in [-0.39, 0.29) is 11.8 Å². The number of hydrogen-bond acceptors (Lipinski definition) is 3. The van der Waals surface area contributed by atoms with Crippen molar-refractivity contribution in [1.29, 1.82) is 0 Å². The zero-order valence-electron chi connectivity index (χ0n) is 16.3. The van der Waals surface area contributed by atoms with Crippen molar-refractivity contribution in [3.8, 4) is 0 Å². The first-order chi connectivity index (χ1) is 13.1. The molecule has 2 aliphatic heterocycles. The van der Waals surface area contributed by atoms with E-state index in [1.807, 2.05) is 12.5 Å². The summed E-state index contributed by atoms with van der Waals surface area (Å²) in [5.41, 5.74) is 2.42. The molecule has 2 aromatic rings. The van der Waals surface area contributed by atoms with Crippen LogP contribution in [0.3, 0.4) is 0 Å². The lowest BCUT2D eigenvalue weighted by molar-refractivity contribution is -0.125. The summed E-state index contributed by atoms with van der Waals surface area (Å²) in [7, 11) is 0. The Morgan fingerprint density at radius 1 is 1.30 bits per heavy atom. The van der Waals surface area contributed by atoms with Gasteiger partial charge in [-0.3, -0.25) is 9.69 Å². The molecule has 5 heteroatoms. The third-order valence-electron chi connectivity index (χ3n) is 6.01. The van der Waals surface area contributed by atoms with Crippen LogP contribution in [0.4, 0.5) is 0 Å². The molecule has 1 amide bonds. The molecule has 0 spiro atoms. The third kappa shape index (κ3) is 3.79. The largest absolute Gasteiger partial charge is 0.350 e. The third-order valence-corrected chi connectivity index (χ3v) is 6.01. The Morgan fingerprint density at radius 3 is 2.89 bits per heavy atom. The summed E-state index contributed by atoms with van der Waals surface area (Å²) >= 11 is 0. The van der Waals surface area contributed by atoms with Crippen LogP contribution in [0.1, 0.15) is 50.4 Å². The van der Waals surface area contributed by atoms with Gasteiger partial charge in [-0.1, -0.05) is 44.2 Å². The second-order valence-electron chi connectivity index (χ2n) is 8.37. The first-order valence-corrected chi connectivity index (χ1v) is 10.2. The van der Waals surface area contributed by atoms with Crippen LogP contribution >= 0.6 is 0 Å². The Balaban J connectivity index is 1.42. The minimum Gasteiger partial charge on any atom is -0.350 e. The fraction of sp³-hybridized carbons (Fsp3) is 0.545. The molecule has 2 fully saturated rings. The Bertz CT molecular complexity index is 770. The lowest BCUT2D eigenvalue weighted by atomic mass is 9.93. The fourth-order valence-corrected chi connectivity index (χ4v) is 4.81. The van der Waals surface area contributed by atoms with E-state index in [1.54, 1.807) is 0 Å². The van der Waals surface area contributed by atoms with Gasteiger partial charge in [-0.25, -0.2) is 4.98 Å². The monoisotopic (exact) mass is 366 g/mol. The summed E-state index contributed by atoms with van der Waals surface area (Å²) in [6, 6.07) is 11.4. The number of carbonyl (C=O) groups is 1. The molecule has 0 radical (unpaired) electrons. The van der Waals surface area contributed by atoms with Gasteiger partial charge in [0.25, 0.3) is 0 Å². The van der Waals surface area contributed by atoms with Crippen LogP contribution in [0.15, 0.2) is 42.9 Å². The Morgan fingerprint density at radius 2 is 2.11 bits per heavy atom. The van der Waals surface area contributed by atoms with Crippen LogP contribution in [0.2, 0.25) is 0 Å². The second kappa shape index (κ2) is 7.85. The molecular weight excluding hydrogens is 336 g/mol. The van der Waals surface area contributed by atoms with Crippen molar-refractivity contribution in [2.45, 2.75) is 58.3 Å². The summed E-state index contributed by atoms with van der Waals surface area (Å²) in [4.78, 5) is 19.8. The molecule has 144 valence electrons. The summed E-state index contributed by atoms with van der Waals surface area (Å²) < 4.78 is 2.15. The zero-order chi connectivity index (χ0) is 18.8. The molecule has 0 bridgehead atoms. The maximum Gasteiger partial charge on any atom is 0.225 e. The molecule has 2 saturated heterocycles. The molecule has 1 N–H and O–H groups in total. The Kier molecular flexibility index (Phi) is 5.30. The van der Waals surface area contributed by atoms with Crippen molar-refractivity contribution in [1.82, 2.24) is 19.8 Å². The average molecular weight is 367 g/mol. The molecule has 1 aromatic heterocycles. The van der Waals surface area contributed by atoms with Gasteiger partial charge in [0.2, 0.25) is 5.91 Å². The smallest absolute Gasteiger partial charge is 0.225 e. The standard InChI is InChI=1S/C22H30N4O/c1-16(2)14-25-15-23-12-18(25)13-24-22(27)19-11-21(17-7-4-3-5-8-17)26-10-6-9-20(19)26/h3-5,7-8,12,15-16,19-21H,6,9-11,13-14H2,1-2H3,(H,24,27)/t19-,20+,21-/m0/s1. The first-order valence-electron chi connectivity index (χ1n) is 10.2. The van der Waals surface area contributed by atoms with E-state index in [1.165, 1.54) is 12.0 Å². The minimum atomic E-state index is 0.0826. The topological polar surface area (TPSA) is 50.2 Å². The number of nitrogens with one attached hydrogen (secondary N) is 1. The molecule has 5 nitrogen and oxygen atoms in total. The van der Waals surface area contributed by atoms with Crippen LogP contribution in [-0.2, 0) is 17.9 Å². The normalized spacial score (nSPS) is 25.1. The number of imidazole rings is 1. The average Bonchev–Trinajstić information content (AvgIpc) is 3.36. The van der Waals surface area contributed by atoms with E-state index in [2.05, 4.69) is 63.9 Å². The molecule has 27 heavy (non-hydrogen) atoms. The van der Waals surface area contributed by atoms with Gasteiger partial charge in [-0.05, 0) is 37.3 Å². The number of nitrogens with zero attached hydrogens (tertiary/aromatic N) is 3. The second-order valence-corrected chi connectivity index (χ2v) is 8.37. The number of benzene rings is 1. The van der Waals surface area contributed by atoms with Gasteiger partial charge in [-0.15, -0.1) is 0 Å². The van der Waals surface area contributed by atoms with E-state index in [4.69, 9.17) is 0 Å². The molecular formula is C22H30N4O. The summed E-state index contributed by atoms with van der Waals surface area (Å²) in [6.07, 6.45) is 6.98. The molecule has 4 rings (SSSR count). The highest BCUT2D eigenvalue weighted by Gasteiger charge is 2.46.